The van der Waals surface area contributed by atoms with Gasteiger partial charge in [0.25, 0.3) is 5.91 Å². The second kappa shape index (κ2) is 3.71. The fraction of sp³-hybridized carbons (Fsp3) is 0.300. The molecule has 0 aliphatic carbocycles. The third kappa shape index (κ3) is 1.44. The van der Waals surface area contributed by atoms with Gasteiger partial charge in [-0.05, 0) is 27.6 Å². The molecule has 0 saturated heterocycles. The first-order valence-corrected chi connectivity index (χ1v) is 5.21. The quantitative estimate of drug-likeness (QED) is 0.868. The number of carbonyl (C=O) groups is 1. The zero-order valence-corrected chi connectivity index (χ0v) is 9.12. The van der Waals surface area contributed by atoms with E-state index in [0.717, 1.165) is 15.6 Å². The van der Waals surface area contributed by atoms with Gasteiger partial charge >= 0.3 is 0 Å². The van der Waals surface area contributed by atoms with Gasteiger partial charge in [-0.15, -0.1) is 0 Å². The number of hydrogen-bond acceptors (Lipinski definition) is 2. The summed E-state index contributed by atoms with van der Waals surface area (Å²) >= 11 is 3.36. The summed E-state index contributed by atoms with van der Waals surface area (Å²) in [6.07, 6.45) is 0. The molecule has 1 heterocycles. The Kier molecular flexibility index (Phi) is 2.56. The van der Waals surface area contributed by atoms with Crippen molar-refractivity contribution in [3.05, 3.63) is 33.8 Å². The zero-order chi connectivity index (χ0) is 10.1. The summed E-state index contributed by atoms with van der Waals surface area (Å²) in [5.74, 6) is 0.00141. The first kappa shape index (κ1) is 9.68. The molecule has 4 heteroatoms. The van der Waals surface area contributed by atoms with Crippen molar-refractivity contribution in [3.63, 3.8) is 0 Å². The van der Waals surface area contributed by atoms with Crippen molar-refractivity contribution in [2.24, 2.45) is 0 Å². The van der Waals surface area contributed by atoms with Crippen LogP contribution in [-0.4, -0.2) is 29.1 Å². The molecule has 14 heavy (non-hydrogen) atoms. The summed E-state index contributed by atoms with van der Waals surface area (Å²) in [6.45, 7) is 1.02. The maximum Gasteiger partial charge on any atom is 0.255 e. The van der Waals surface area contributed by atoms with Gasteiger partial charge in [0.2, 0.25) is 0 Å². The minimum absolute atomic E-state index is 0.00141. The molecule has 2 rings (SSSR count). The molecule has 0 unspecified atom stereocenters. The van der Waals surface area contributed by atoms with Gasteiger partial charge in [0.1, 0.15) is 0 Å². The van der Waals surface area contributed by atoms with E-state index in [4.69, 9.17) is 5.11 Å². The molecule has 0 saturated carbocycles. The highest BCUT2D eigenvalue weighted by Gasteiger charge is 2.28. The predicted molar refractivity (Wildman–Crippen MR) is 56.0 cm³/mol. The first-order valence-electron chi connectivity index (χ1n) is 4.41. The average molecular weight is 256 g/mol. The van der Waals surface area contributed by atoms with E-state index in [1.54, 1.807) is 4.90 Å². The van der Waals surface area contributed by atoms with Crippen LogP contribution in [0.2, 0.25) is 0 Å². The highest BCUT2D eigenvalue weighted by atomic mass is 79.9. The number of halogens is 1. The van der Waals surface area contributed by atoms with Gasteiger partial charge in [0, 0.05) is 17.6 Å². The topological polar surface area (TPSA) is 40.5 Å². The number of hydrogen-bond donors (Lipinski definition) is 1. The molecule has 0 atom stereocenters. The van der Waals surface area contributed by atoms with Crippen LogP contribution < -0.4 is 0 Å². The second-order valence-electron chi connectivity index (χ2n) is 3.22. The molecule has 1 amide bonds. The SMILES string of the molecule is O=C1c2c(Br)cccc2CN1CCO. The molecule has 0 fully saturated rings. The summed E-state index contributed by atoms with van der Waals surface area (Å²) in [7, 11) is 0. The molecule has 0 aromatic heterocycles. The van der Waals surface area contributed by atoms with Gasteiger partial charge in [0.15, 0.2) is 0 Å². The number of rotatable bonds is 2. The molecule has 1 N–H and O–H groups in total. The highest BCUT2D eigenvalue weighted by Crippen LogP contribution is 2.28. The fourth-order valence-corrected chi connectivity index (χ4v) is 2.25. The van der Waals surface area contributed by atoms with Crippen LogP contribution in [0.5, 0.6) is 0 Å². The van der Waals surface area contributed by atoms with Crippen molar-refractivity contribution in [1.29, 1.82) is 0 Å². The van der Waals surface area contributed by atoms with E-state index in [0.29, 0.717) is 13.1 Å². The molecule has 0 bridgehead atoms. The van der Waals surface area contributed by atoms with Crippen molar-refractivity contribution >= 4 is 21.8 Å². The van der Waals surface area contributed by atoms with Crippen LogP contribution in [0, 0.1) is 0 Å². The molecule has 1 aliphatic heterocycles. The standard InChI is InChI=1S/C10H10BrNO2/c11-8-3-1-2-7-6-12(4-5-13)10(14)9(7)8/h1-3,13H,4-6H2. The van der Waals surface area contributed by atoms with Crippen molar-refractivity contribution in [2.75, 3.05) is 13.2 Å². The third-order valence-electron chi connectivity index (χ3n) is 2.33. The summed E-state index contributed by atoms with van der Waals surface area (Å²) in [5, 5.41) is 8.79. The smallest absolute Gasteiger partial charge is 0.255 e. The summed E-state index contributed by atoms with van der Waals surface area (Å²) in [5.41, 5.74) is 1.76. The number of fused-ring (bicyclic) bond motifs is 1. The van der Waals surface area contributed by atoms with E-state index < -0.39 is 0 Å². The Morgan fingerprint density at radius 3 is 2.93 bits per heavy atom. The first-order chi connectivity index (χ1) is 6.74. The van der Waals surface area contributed by atoms with Crippen molar-refractivity contribution < 1.29 is 9.90 Å². The summed E-state index contributed by atoms with van der Waals surface area (Å²) in [6, 6.07) is 5.72. The Morgan fingerprint density at radius 2 is 2.29 bits per heavy atom. The number of benzene rings is 1. The maximum absolute atomic E-state index is 11.8. The molecule has 3 nitrogen and oxygen atoms in total. The van der Waals surface area contributed by atoms with E-state index in [2.05, 4.69) is 15.9 Å². The van der Waals surface area contributed by atoms with Gasteiger partial charge in [-0.1, -0.05) is 12.1 Å². The lowest BCUT2D eigenvalue weighted by atomic mass is 10.1. The van der Waals surface area contributed by atoms with E-state index in [1.807, 2.05) is 18.2 Å². The molecule has 0 spiro atoms. The Morgan fingerprint density at radius 1 is 1.50 bits per heavy atom. The van der Waals surface area contributed by atoms with E-state index in [9.17, 15) is 4.79 Å². The van der Waals surface area contributed by atoms with Crippen LogP contribution in [0.4, 0.5) is 0 Å². The lowest BCUT2D eigenvalue weighted by Crippen LogP contribution is -2.27. The van der Waals surface area contributed by atoms with Gasteiger partial charge < -0.3 is 10.0 Å². The maximum atomic E-state index is 11.8. The Labute approximate surface area is 90.5 Å². The van der Waals surface area contributed by atoms with E-state index >= 15 is 0 Å². The monoisotopic (exact) mass is 255 g/mol. The van der Waals surface area contributed by atoms with E-state index in [1.165, 1.54) is 0 Å². The molecule has 1 aliphatic rings. The van der Waals surface area contributed by atoms with Crippen molar-refractivity contribution in [1.82, 2.24) is 4.90 Å². The van der Waals surface area contributed by atoms with Gasteiger partial charge in [-0.25, -0.2) is 0 Å². The van der Waals surface area contributed by atoms with Crippen molar-refractivity contribution in [3.8, 4) is 0 Å². The summed E-state index contributed by atoms with van der Waals surface area (Å²) in [4.78, 5) is 13.4. The van der Waals surface area contributed by atoms with Gasteiger partial charge in [-0.2, -0.15) is 0 Å². The molecule has 0 radical (unpaired) electrons. The van der Waals surface area contributed by atoms with Crippen LogP contribution in [0.25, 0.3) is 0 Å². The molecular weight excluding hydrogens is 246 g/mol. The highest BCUT2D eigenvalue weighted by molar-refractivity contribution is 9.10. The Bertz CT molecular complexity index is 378. The molecule has 1 aromatic rings. The number of aliphatic hydroxyl groups is 1. The lowest BCUT2D eigenvalue weighted by Gasteiger charge is -2.12. The average Bonchev–Trinajstić information content (AvgIpc) is 2.46. The Hall–Kier alpha value is -0.870. The normalized spacial score (nSPS) is 14.7. The van der Waals surface area contributed by atoms with E-state index in [-0.39, 0.29) is 12.5 Å². The lowest BCUT2D eigenvalue weighted by molar-refractivity contribution is 0.0745. The van der Waals surface area contributed by atoms with Gasteiger partial charge in [-0.3, -0.25) is 4.79 Å². The summed E-state index contributed by atoms with van der Waals surface area (Å²) < 4.78 is 0.834. The van der Waals surface area contributed by atoms with Crippen LogP contribution in [0.15, 0.2) is 22.7 Å². The number of carbonyl (C=O) groups excluding carboxylic acids is 1. The number of aliphatic hydroxyl groups excluding tert-OH is 1. The third-order valence-corrected chi connectivity index (χ3v) is 2.99. The number of nitrogens with zero attached hydrogens (tertiary/aromatic N) is 1. The molecule has 74 valence electrons. The number of amides is 1. The van der Waals surface area contributed by atoms with Gasteiger partial charge in [0.05, 0.1) is 12.2 Å². The van der Waals surface area contributed by atoms with Crippen LogP contribution in [-0.2, 0) is 6.54 Å². The Balaban J connectivity index is 2.36. The van der Waals surface area contributed by atoms with Crippen LogP contribution >= 0.6 is 15.9 Å². The predicted octanol–water partition coefficient (Wildman–Crippen LogP) is 1.40. The minimum Gasteiger partial charge on any atom is -0.395 e. The molecular formula is C10H10BrNO2. The second-order valence-corrected chi connectivity index (χ2v) is 4.08. The molecule has 1 aromatic carbocycles. The fourth-order valence-electron chi connectivity index (χ4n) is 1.68. The largest absolute Gasteiger partial charge is 0.395 e. The zero-order valence-electron chi connectivity index (χ0n) is 7.53. The van der Waals surface area contributed by atoms with Crippen LogP contribution in [0.1, 0.15) is 15.9 Å². The van der Waals surface area contributed by atoms with Crippen molar-refractivity contribution in [2.45, 2.75) is 6.54 Å². The van der Waals surface area contributed by atoms with Crippen LogP contribution in [0.3, 0.4) is 0 Å². The number of β-amino-alcohol motifs (C(OH)–C–C–N with tert-alkyl or cyclic N) is 1. The minimum atomic E-state index is 0.00141.